The Morgan fingerprint density at radius 3 is 2.35 bits per heavy atom. The topological polar surface area (TPSA) is 113 Å². The van der Waals surface area contributed by atoms with Crippen LogP contribution < -0.4 is 11.1 Å². The first-order valence-corrected chi connectivity index (χ1v) is 8.24. The second kappa shape index (κ2) is 8.29. The van der Waals surface area contributed by atoms with E-state index in [4.69, 9.17) is 5.73 Å². The highest BCUT2D eigenvalue weighted by Gasteiger charge is 2.38. The Hall–Kier alpha value is -1.63. The van der Waals surface area contributed by atoms with E-state index >= 15 is 0 Å². The van der Waals surface area contributed by atoms with E-state index in [2.05, 4.69) is 5.32 Å². The second-order valence-corrected chi connectivity index (χ2v) is 6.99. The zero-order valence-corrected chi connectivity index (χ0v) is 14.4. The number of likely N-dealkylation sites (tertiary alicyclic amines) is 1. The minimum absolute atomic E-state index is 0.0143. The second-order valence-electron chi connectivity index (χ2n) is 6.99. The molecule has 7 heteroatoms. The normalized spacial score (nSPS) is 20.7. The maximum Gasteiger partial charge on any atom is 0.326 e. The van der Waals surface area contributed by atoms with Gasteiger partial charge in [-0.05, 0) is 31.1 Å². The highest BCUT2D eigenvalue weighted by Crippen LogP contribution is 2.20. The minimum Gasteiger partial charge on any atom is -0.480 e. The van der Waals surface area contributed by atoms with Gasteiger partial charge < -0.3 is 21.1 Å². The van der Waals surface area contributed by atoms with Crippen LogP contribution in [0.5, 0.6) is 0 Å². The quantitative estimate of drug-likeness (QED) is 0.633. The van der Waals surface area contributed by atoms with Gasteiger partial charge in [-0.2, -0.15) is 0 Å². The molecule has 1 rings (SSSR count). The van der Waals surface area contributed by atoms with Crippen molar-refractivity contribution in [1.29, 1.82) is 0 Å². The number of rotatable bonds is 7. The Balaban J connectivity index is 2.77. The van der Waals surface area contributed by atoms with E-state index in [1.165, 1.54) is 4.90 Å². The largest absolute Gasteiger partial charge is 0.480 e. The van der Waals surface area contributed by atoms with Gasteiger partial charge in [0.1, 0.15) is 12.1 Å². The third-order valence-electron chi connectivity index (χ3n) is 4.16. The van der Waals surface area contributed by atoms with Crippen LogP contribution in [0.4, 0.5) is 0 Å². The molecule has 0 spiro atoms. The van der Waals surface area contributed by atoms with Crippen LogP contribution in [0.15, 0.2) is 0 Å². The molecule has 1 heterocycles. The summed E-state index contributed by atoms with van der Waals surface area (Å²) < 4.78 is 0. The fraction of sp³-hybridized carbons (Fsp3) is 0.812. The molecule has 3 atom stereocenters. The number of amides is 2. The number of hydrogen-bond acceptors (Lipinski definition) is 4. The van der Waals surface area contributed by atoms with Gasteiger partial charge in [-0.1, -0.05) is 27.7 Å². The standard InChI is InChI=1S/C16H29N3O4/c1-9(2)8-11(16(22)23)18-14(20)12-6-5-7-19(12)15(21)13(17)10(3)4/h9-13H,5-8,17H2,1-4H3,(H,18,20)(H,22,23)/t11?,12-,13-/m0/s1. The molecule has 1 saturated heterocycles. The van der Waals surface area contributed by atoms with E-state index in [0.29, 0.717) is 19.4 Å². The van der Waals surface area contributed by atoms with Gasteiger partial charge in [0.05, 0.1) is 6.04 Å². The van der Waals surface area contributed by atoms with Crippen LogP contribution in [0.1, 0.15) is 47.0 Å². The first-order valence-electron chi connectivity index (χ1n) is 8.24. The van der Waals surface area contributed by atoms with Crippen LogP contribution in [0.25, 0.3) is 0 Å². The predicted molar refractivity (Wildman–Crippen MR) is 86.6 cm³/mol. The molecule has 0 aliphatic carbocycles. The van der Waals surface area contributed by atoms with E-state index in [9.17, 15) is 19.5 Å². The fourth-order valence-corrected chi connectivity index (χ4v) is 2.74. The SMILES string of the molecule is CC(C)CC(NC(=O)[C@@H]1CCCN1C(=O)[C@@H](N)C(C)C)C(=O)O. The smallest absolute Gasteiger partial charge is 0.326 e. The van der Waals surface area contributed by atoms with E-state index in [0.717, 1.165) is 6.42 Å². The number of nitrogens with one attached hydrogen (secondary N) is 1. The zero-order valence-electron chi connectivity index (χ0n) is 14.4. The fourth-order valence-electron chi connectivity index (χ4n) is 2.74. The number of aliphatic carboxylic acids is 1. The number of carboxylic acids is 1. The maximum absolute atomic E-state index is 12.4. The molecule has 1 unspecified atom stereocenters. The van der Waals surface area contributed by atoms with Crippen LogP contribution in [0.3, 0.4) is 0 Å². The molecule has 7 nitrogen and oxygen atoms in total. The van der Waals surface area contributed by atoms with Gasteiger partial charge in [-0.3, -0.25) is 9.59 Å². The predicted octanol–water partition coefficient (Wildman–Crippen LogP) is 0.576. The summed E-state index contributed by atoms with van der Waals surface area (Å²) in [4.78, 5) is 37.6. The summed E-state index contributed by atoms with van der Waals surface area (Å²) in [5.41, 5.74) is 5.90. The van der Waals surface area contributed by atoms with Gasteiger partial charge in [-0.25, -0.2) is 4.79 Å². The Labute approximate surface area is 137 Å². The van der Waals surface area contributed by atoms with E-state index in [1.807, 2.05) is 27.7 Å². The van der Waals surface area contributed by atoms with E-state index < -0.39 is 30.0 Å². The van der Waals surface area contributed by atoms with Gasteiger partial charge in [0.15, 0.2) is 0 Å². The molecule has 0 radical (unpaired) electrons. The highest BCUT2D eigenvalue weighted by molar-refractivity contribution is 5.92. The van der Waals surface area contributed by atoms with Gasteiger partial charge >= 0.3 is 5.97 Å². The van der Waals surface area contributed by atoms with Crippen molar-refractivity contribution in [3.05, 3.63) is 0 Å². The lowest BCUT2D eigenvalue weighted by Crippen LogP contribution is -2.54. The van der Waals surface area contributed by atoms with Crippen LogP contribution in [-0.4, -0.2) is 52.5 Å². The molecule has 0 aromatic carbocycles. The van der Waals surface area contributed by atoms with Gasteiger partial charge in [0.2, 0.25) is 11.8 Å². The molecule has 0 bridgehead atoms. The van der Waals surface area contributed by atoms with Crippen molar-refractivity contribution in [2.24, 2.45) is 17.6 Å². The Morgan fingerprint density at radius 2 is 1.87 bits per heavy atom. The van der Waals surface area contributed by atoms with Crippen molar-refractivity contribution in [3.63, 3.8) is 0 Å². The van der Waals surface area contributed by atoms with E-state index in [1.54, 1.807) is 0 Å². The van der Waals surface area contributed by atoms with E-state index in [-0.39, 0.29) is 17.7 Å². The molecule has 2 amide bonds. The summed E-state index contributed by atoms with van der Waals surface area (Å²) in [6.07, 6.45) is 1.61. The van der Waals surface area contributed by atoms with Crippen molar-refractivity contribution < 1.29 is 19.5 Å². The first-order chi connectivity index (χ1) is 10.6. The van der Waals surface area contributed by atoms with Crippen LogP contribution >= 0.6 is 0 Å². The maximum atomic E-state index is 12.4. The van der Waals surface area contributed by atoms with Crippen molar-refractivity contribution in [2.75, 3.05) is 6.54 Å². The van der Waals surface area contributed by atoms with Crippen LogP contribution in [-0.2, 0) is 14.4 Å². The summed E-state index contributed by atoms with van der Waals surface area (Å²) in [6, 6.07) is -2.20. The number of carboxylic acid groups (broad SMARTS) is 1. The van der Waals surface area contributed by atoms with Gasteiger partial charge in [-0.15, -0.1) is 0 Å². The lowest BCUT2D eigenvalue weighted by atomic mass is 10.0. The minimum atomic E-state index is -1.05. The summed E-state index contributed by atoms with van der Waals surface area (Å²) in [5.74, 6) is -1.57. The Kier molecular flexibility index (Phi) is 7.00. The number of carbonyl (C=O) groups is 3. The number of hydrogen-bond donors (Lipinski definition) is 3. The van der Waals surface area contributed by atoms with Crippen molar-refractivity contribution >= 4 is 17.8 Å². The summed E-state index contributed by atoms with van der Waals surface area (Å²) >= 11 is 0. The molecular weight excluding hydrogens is 298 g/mol. The molecule has 1 aliphatic heterocycles. The lowest BCUT2D eigenvalue weighted by Gasteiger charge is -2.29. The molecule has 132 valence electrons. The van der Waals surface area contributed by atoms with Gasteiger partial charge in [0.25, 0.3) is 0 Å². The molecule has 1 fully saturated rings. The number of carbonyl (C=O) groups excluding carboxylic acids is 2. The van der Waals surface area contributed by atoms with Crippen LogP contribution in [0, 0.1) is 11.8 Å². The monoisotopic (exact) mass is 327 g/mol. The molecule has 1 aliphatic rings. The van der Waals surface area contributed by atoms with Crippen molar-refractivity contribution in [3.8, 4) is 0 Å². The average molecular weight is 327 g/mol. The lowest BCUT2D eigenvalue weighted by molar-refractivity contribution is -0.144. The first kappa shape index (κ1) is 19.4. The molecule has 0 aromatic rings. The van der Waals surface area contributed by atoms with Crippen LogP contribution in [0.2, 0.25) is 0 Å². The third kappa shape index (κ3) is 5.20. The van der Waals surface area contributed by atoms with Gasteiger partial charge in [0, 0.05) is 6.54 Å². The van der Waals surface area contributed by atoms with Crippen molar-refractivity contribution in [2.45, 2.75) is 65.1 Å². The zero-order chi connectivity index (χ0) is 17.7. The Bertz CT molecular complexity index is 451. The molecule has 0 saturated carbocycles. The third-order valence-corrected chi connectivity index (χ3v) is 4.16. The molecule has 4 N–H and O–H groups in total. The highest BCUT2D eigenvalue weighted by atomic mass is 16.4. The molecular formula is C16H29N3O4. The van der Waals surface area contributed by atoms with Crippen molar-refractivity contribution in [1.82, 2.24) is 10.2 Å². The number of nitrogens with zero attached hydrogens (tertiary/aromatic N) is 1. The average Bonchev–Trinajstić information content (AvgIpc) is 2.93. The number of nitrogens with two attached hydrogens (primary N) is 1. The summed E-state index contributed by atoms with van der Waals surface area (Å²) in [5, 5.41) is 11.8. The summed E-state index contributed by atoms with van der Waals surface area (Å²) in [6.45, 7) is 8.00. The molecule has 23 heavy (non-hydrogen) atoms. The molecule has 0 aromatic heterocycles. The Morgan fingerprint density at radius 1 is 1.26 bits per heavy atom. The summed E-state index contributed by atoms with van der Waals surface area (Å²) in [7, 11) is 0.